The van der Waals surface area contributed by atoms with Gasteiger partial charge in [0.15, 0.2) is 5.82 Å². The molecule has 1 amide bonds. The molecule has 8 nitrogen and oxygen atoms in total. The molecule has 0 atom stereocenters. The first-order chi connectivity index (χ1) is 13.9. The lowest BCUT2D eigenvalue weighted by Gasteiger charge is -2.35. The Labute approximate surface area is 172 Å². The summed E-state index contributed by atoms with van der Waals surface area (Å²) >= 11 is 0. The number of aromatic nitrogens is 3. The highest BCUT2D eigenvalue weighted by molar-refractivity contribution is 7.89. The van der Waals surface area contributed by atoms with E-state index >= 15 is 0 Å². The summed E-state index contributed by atoms with van der Waals surface area (Å²) in [4.78, 5) is 27.1. The third-order valence-electron chi connectivity index (χ3n) is 5.36. The summed E-state index contributed by atoms with van der Waals surface area (Å²) in [5, 5.41) is 0. The van der Waals surface area contributed by atoms with Crippen LogP contribution in [0, 0.1) is 12.8 Å². The maximum Gasteiger partial charge on any atom is 0.246 e. The Balaban J connectivity index is 1.74. The van der Waals surface area contributed by atoms with Crippen LogP contribution in [0.25, 0.3) is 11.4 Å². The van der Waals surface area contributed by atoms with Crippen molar-refractivity contribution in [2.45, 2.75) is 38.5 Å². The van der Waals surface area contributed by atoms with E-state index < -0.39 is 10.0 Å². The van der Waals surface area contributed by atoms with Crippen molar-refractivity contribution in [1.82, 2.24) is 24.2 Å². The number of piperazine rings is 1. The second-order valence-electron chi connectivity index (χ2n) is 7.13. The number of carbonyl (C=O) groups excluding carboxylic acids is 1. The molecule has 0 saturated carbocycles. The van der Waals surface area contributed by atoms with Crippen LogP contribution < -0.4 is 0 Å². The maximum absolute atomic E-state index is 13.1. The summed E-state index contributed by atoms with van der Waals surface area (Å²) < 4.78 is 27.6. The molecule has 1 fully saturated rings. The van der Waals surface area contributed by atoms with E-state index in [9.17, 15) is 13.2 Å². The van der Waals surface area contributed by atoms with E-state index in [1.54, 1.807) is 30.3 Å². The SMILES string of the molecule is CCC(CC)C(=O)N1CCN(S(=O)(=O)c2cnc(-c3cccnc3)nc2C)CC1. The zero-order valence-electron chi connectivity index (χ0n) is 17.1. The topological polar surface area (TPSA) is 96.4 Å². The molecular formula is C20H27N5O3S. The van der Waals surface area contributed by atoms with Crippen LogP contribution in [0.4, 0.5) is 0 Å². The predicted octanol–water partition coefficient (Wildman–Crippen LogP) is 2.12. The zero-order valence-corrected chi connectivity index (χ0v) is 17.9. The monoisotopic (exact) mass is 417 g/mol. The quantitative estimate of drug-likeness (QED) is 0.714. The lowest BCUT2D eigenvalue weighted by Crippen LogP contribution is -2.51. The summed E-state index contributed by atoms with van der Waals surface area (Å²) in [5.41, 5.74) is 1.13. The van der Waals surface area contributed by atoms with Crippen molar-refractivity contribution >= 4 is 15.9 Å². The molecule has 0 aromatic carbocycles. The second-order valence-corrected chi connectivity index (χ2v) is 9.03. The van der Waals surface area contributed by atoms with E-state index in [1.165, 1.54) is 10.5 Å². The number of hydrogen-bond acceptors (Lipinski definition) is 6. The molecule has 1 aliphatic rings. The lowest BCUT2D eigenvalue weighted by molar-refractivity contribution is -0.136. The van der Waals surface area contributed by atoms with Gasteiger partial charge in [0, 0.05) is 50.1 Å². The molecule has 3 heterocycles. The van der Waals surface area contributed by atoms with Gasteiger partial charge in [0.05, 0.1) is 11.9 Å². The first-order valence-corrected chi connectivity index (χ1v) is 11.4. The van der Waals surface area contributed by atoms with Gasteiger partial charge in [-0.05, 0) is 31.9 Å². The summed E-state index contributed by atoms with van der Waals surface area (Å²) in [6.45, 7) is 7.04. The van der Waals surface area contributed by atoms with Crippen molar-refractivity contribution in [3.8, 4) is 11.4 Å². The Morgan fingerprint density at radius 3 is 2.38 bits per heavy atom. The second kappa shape index (κ2) is 8.96. The van der Waals surface area contributed by atoms with Crippen molar-refractivity contribution in [1.29, 1.82) is 0 Å². The molecule has 29 heavy (non-hydrogen) atoms. The van der Waals surface area contributed by atoms with Gasteiger partial charge in [-0.15, -0.1) is 0 Å². The molecule has 2 aromatic heterocycles. The highest BCUT2D eigenvalue weighted by Crippen LogP contribution is 2.23. The number of carbonyl (C=O) groups is 1. The van der Waals surface area contributed by atoms with Crippen LogP contribution in [0.15, 0.2) is 35.6 Å². The average molecular weight is 418 g/mol. The molecule has 0 spiro atoms. The first kappa shape index (κ1) is 21.3. The molecule has 9 heteroatoms. The Kier molecular flexibility index (Phi) is 6.59. The first-order valence-electron chi connectivity index (χ1n) is 9.91. The maximum atomic E-state index is 13.1. The van der Waals surface area contributed by atoms with Gasteiger partial charge in [0.25, 0.3) is 0 Å². The van der Waals surface area contributed by atoms with Crippen LogP contribution in [0.1, 0.15) is 32.4 Å². The van der Waals surface area contributed by atoms with Gasteiger partial charge in [-0.25, -0.2) is 18.4 Å². The van der Waals surface area contributed by atoms with E-state index in [1.807, 2.05) is 19.9 Å². The van der Waals surface area contributed by atoms with Crippen molar-refractivity contribution in [2.24, 2.45) is 5.92 Å². The minimum Gasteiger partial charge on any atom is -0.340 e. The van der Waals surface area contributed by atoms with Crippen molar-refractivity contribution < 1.29 is 13.2 Å². The van der Waals surface area contributed by atoms with Gasteiger partial charge in [0.1, 0.15) is 4.90 Å². The number of rotatable bonds is 6. The predicted molar refractivity (Wildman–Crippen MR) is 109 cm³/mol. The average Bonchev–Trinajstić information content (AvgIpc) is 2.75. The van der Waals surface area contributed by atoms with Crippen molar-refractivity contribution in [3.05, 3.63) is 36.4 Å². The molecule has 2 aromatic rings. The smallest absolute Gasteiger partial charge is 0.246 e. The largest absolute Gasteiger partial charge is 0.340 e. The zero-order chi connectivity index (χ0) is 21.0. The molecule has 0 aliphatic carbocycles. The Hall–Kier alpha value is -2.39. The molecule has 1 saturated heterocycles. The van der Waals surface area contributed by atoms with Gasteiger partial charge < -0.3 is 4.90 Å². The number of aryl methyl sites for hydroxylation is 1. The van der Waals surface area contributed by atoms with Crippen LogP contribution in [0.5, 0.6) is 0 Å². The third-order valence-corrected chi connectivity index (χ3v) is 7.36. The molecule has 0 N–H and O–H groups in total. The molecule has 0 unspecified atom stereocenters. The molecule has 3 rings (SSSR count). The Morgan fingerprint density at radius 1 is 1.14 bits per heavy atom. The summed E-state index contributed by atoms with van der Waals surface area (Å²) in [5.74, 6) is 0.566. The van der Waals surface area contributed by atoms with E-state index in [0.29, 0.717) is 24.6 Å². The van der Waals surface area contributed by atoms with E-state index in [0.717, 1.165) is 18.4 Å². The Bertz CT molecular complexity index is 953. The van der Waals surface area contributed by atoms with Crippen molar-refractivity contribution in [3.63, 3.8) is 0 Å². The number of nitrogens with zero attached hydrogens (tertiary/aromatic N) is 5. The fourth-order valence-corrected chi connectivity index (χ4v) is 5.05. The van der Waals surface area contributed by atoms with Gasteiger partial charge >= 0.3 is 0 Å². The number of hydrogen-bond donors (Lipinski definition) is 0. The molecule has 0 bridgehead atoms. The molecule has 0 radical (unpaired) electrons. The van der Waals surface area contributed by atoms with Gasteiger partial charge in [-0.3, -0.25) is 9.78 Å². The number of amides is 1. The fraction of sp³-hybridized carbons (Fsp3) is 0.500. The summed E-state index contributed by atoms with van der Waals surface area (Å²) in [6, 6.07) is 3.60. The van der Waals surface area contributed by atoms with Gasteiger partial charge in [-0.1, -0.05) is 13.8 Å². The van der Waals surface area contributed by atoms with Gasteiger partial charge in [-0.2, -0.15) is 4.31 Å². The Morgan fingerprint density at radius 2 is 1.83 bits per heavy atom. The summed E-state index contributed by atoms with van der Waals surface area (Å²) in [6.07, 6.45) is 6.25. The third kappa shape index (κ3) is 4.45. The minimum atomic E-state index is -3.72. The summed E-state index contributed by atoms with van der Waals surface area (Å²) in [7, 11) is -3.72. The van der Waals surface area contributed by atoms with Crippen molar-refractivity contribution in [2.75, 3.05) is 26.2 Å². The van der Waals surface area contributed by atoms with E-state index in [-0.39, 0.29) is 29.8 Å². The fourth-order valence-electron chi connectivity index (χ4n) is 3.53. The lowest BCUT2D eigenvalue weighted by atomic mass is 10.0. The van der Waals surface area contributed by atoms with Crippen LogP contribution in [-0.2, 0) is 14.8 Å². The molecule has 156 valence electrons. The van der Waals surface area contributed by atoms with E-state index in [2.05, 4.69) is 15.0 Å². The van der Waals surface area contributed by atoms with Crippen LogP contribution in [0.3, 0.4) is 0 Å². The number of sulfonamides is 1. The standard InChI is InChI=1S/C20H27N5O3S/c1-4-16(5-2)20(26)24-9-11-25(12-10-24)29(27,28)18-14-22-19(23-15(18)3)17-7-6-8-21-13-17/h6-8,13-14,16H,4-5,9-12H2,1-3H3. The highest BCUT2D eigenvalue weighted by atomic mass is 32.2. The number of pyridine rings is 1. The van der Waals surface area contributed by atoms with Crippen LogP contribution >= 0.6 is 0 Å². The van der Waals surface area contributed by atoms with E-state index in [4.69, 9.17) is 0 Å². The minimum absolute atomic E-state index is 0.00817. The normalized spacial score (nSPS) is 15.7. The van der Waals surface area contributed by atoms with Crippen LogP contribution in [0.2, 0.25) is 0 Å². The molecular weight excluding hydrogens is 390 g/mol. The van der Waals surface area contributed by atoms with Gasteiger partial charge in [0.2, 0.25) is 15.9 Å². The highest BCUT2D eigenvalue weighted by Gasteiger charge is 2.33. The van der Waals surface area contributed by atoms with Crippen LogP contribution in [-0.4, -0.2) is 64.7 Å². The molecule has 1 aliphatic heterocycles.